The lowest BCUT2D eigenvalue weighted by molar-refractivity contribution is -0.136. The first-order chi connectivity index (χ1) is 6.69. The molecule has 0 heterocycles. The Morgan fingerprint density at radius 2 is 1.93 bits per heavy atom. The van der Waals surface area contributed by atoms with Crippen LogP contribution in [0.5, 0.6) is 0 Å². The van der Waals surface area contributed by atoms with Gasteiger partial charge in [0.1, 0.15) is 5.78 Å². The van der Waals surface area contributed by atoms with Gasteiger partial charge in [-0.2, -0.15) is 0 Å². The normalized spacial score (nSPS) is 35.5. The second kappa shape index (κ2) is 3.89. The molecule has 1 N–H and O–H groups in total. The highest BCUT2D eigenvalue weighted by molar-refractivity contribution is 5.79. The largest absolute Gasteiger partial charge is 0.390 e. The smallest absolute Gasteiger partial charge is 0.133 e. The molecule has 0 aromatic heterocycles. The van der Waals surface area contributed by atoms with Crippen molar-refractivity contribution in [1.82, 2.24) is 0 Å². The van der Waals surface area contributed by atoms with Crippen molar-refractivity contribution in [2.75, 3.05) is 0 Å². The average molecular weight is 212 g/mol. The molecule has 1 aliphatic carbocycles. The van der Waals surface area contributed by atoms with Crippen molar-refractivity contribution in [1.29, 1.82) is 0 Å². The molecule has 0 spiro atoms. The second-order valence-corrected chi connectivity index (χ2v) is 6.13. The Kier molecular flexibility index (Phi) is 3.30. The van der Waals surface area contributed by atoms with E-state index in [1.165, 1.54) is 0 Å². The fourth-order valence-electron chi connectivity index (χ4n) is 3.03. The van der Waals surface area contributed by atoms with E-state index in [0.717, 1.165) is 19.3 Å². The molecule has 0 amide bonds. The zero-order valence-corrected chi connectivity index (χ0v) is 10.6. The predicted molar refractivity (Wildman–Crippen MR) is 61.6 cm³/mol. The molecule has 2 atom stereocenters. The van der Waals surface area contributed by atoms with Gasteiger partial charge in [0, 0.05) is 5.92 Å². The van der Waals surface area contributed by atoms with Crippen molar-refractivity contribution in [3.63, 3.8) is 0 Å². The molecule has 1 fully saturated rings. The van der Waals surface area contributed by atoms with Crippen molar-refractivity contribution < 1.29 is 9.90 Å². The Morgan fingerprint density at radius 1 is 1.40 bits per heavy atom. The fraction of sp³-hybridized carbons (Fsp3) is 0.923. The summed E-state index contributed by atoms with van der Waals surface area (Å²) in [5.41, 5.74) is -0.640. The number of Topliss-reactive ketones (excluding diaryl/α,β-unsaturated/α-hetero) is 1. The first-order valence-corrected chi connectivity index (χ1v) is 5.92. The number of rotatable bonds is 2. The molecule has 15 heavy (non-hydrogen) atoms. The van der Waals surface area contributed by atoms with Crippen LogP contribution in [0.4, 0.5) is 0 Å². The van der Waals surface area contributed by atoms with Gasteiger partial charge in [-0.15, -0.1) is 0 Å². The summed E-state index contributed by atoms with van der Waals surface area (Å²) in [6, 6.07) is 0. The van der Waals surface area contributed by atoms with Crippen LogP contribution in [-0.4, -0.2) is 16.5 Å². The quantitative estimate of drug-likeness (QED) is 0.764. The van der Waals surface area contributed by atoms with E-state index in [1.807, 2.05) is 0 Å². The SMILES string of the molecule is CC(=O)[C@H]1CC[C@@](O)(C(C)C)CC1(C)C. The Morgan fingerprint density at radius 3 is 2.27 bits per heavy atom. The van der Waals surface area contributed by atoms with Crippen molar-refractivity contribution in [3.8, 4) is 0 Å². The first kappa shape index (κ1) is 12.7. The Bertz CT molecular complexity index is 255. The maximum absolute atomic E-state index is 11.5. The maximum atomic E-state index is 11.5. The van der Waals surface area contributed by atoms with Crippen molar-refractivity contribution >= 4 is 5.78 Å². The zero-order valence-electron chi connectivity index (χ0n) is 10.6. The summed E-state index contributed by atoms with van der Waals surface area (Å²) in [5.74, 6) is 0.659. The second-order valence-electron chi connectivity index (χ2n) is 6.13. The van der Waals surface area contributed by atoms with E-state index in [2.05, 4.69) is 27.7 Å². The van der Waals surface area contributed by atoms with E-state index in [1.54, 1.807) is 6.92 Å². The summed E-state index contributed by atoms with van der Waals surface area (Å²) >= 11 is 0. The van der Waals surface area contributed by atoms with Crippen LogP contribution in [0, 0.1) is 17.3 Å². The molecule has 0 aromatic rings. The minimum atomic E-state index is -0.574. The Balaban J connectivity index is 2.85. The monoisotopic (exact) mass is 212 g/mol. The van der Waals surface area contributed by atoms with Gasteiger partial charge in [0.05, 0.1) is 5.60 Å². The molecule has 2 heteroatoms. The highest BCUT2D eigenvalue weighted by Crippen LogP contribution is 2.48. The first-order valence-electron chi connectivity index (χ1n) is 5.92. The molecule has 1 aliphatic rings. The van der Waals surface area contributed by atoms with Gasteiger partial charge >= 0.3 is 0 Å². The molecule has 0 saturated heterocycles. The van der Waals surface area contributed by atoms with E-state index < -0.39 is 5.60 Å². The molecule has 0 aromatic carbocycles. The highest BCUT2D eigenvalue weighted by Gasteiger charge is 2.47. The minimum absolute atomic E-state index is 0.0664. The van der Waals surface area contributed by atoms with E-state index in [9.17, 15) is 9.90 Å². The van der Waals surface area contributed by atoms with Gasteiger partial charge in [0.15, 0.2) is 0 Å². The van der Waals surface area contributed by atoms with Crippen LogP contribution in [0.3, 0.4) is 0 Å². The number of hydrogen-bond donors (Lipinski definition) is 1. The van der Waals surface area contributed by atoms with E-state index in [0.29, 0.717) is 0 Å². The lowest BCUT2D eigenvalue weighted by Crippen LogP contribution is -2.48. The van der Waals surface area contributed by atoms with Crippen LogP contribution in [0.25, 0.3) is 0 Å². The summed E-state index contributed by atoms with van der Waals surface area (Å²) in [7, 11) is 0. The van der Waals surface area contributed by atoms with Crippen LogP contribution in [0.2, 0.25) is 0 Å². The highest BCUT2D eigenvalue weighted by atomic mass is 16.3. The van der Waals surface area contributed by atoms with Crippen LogP contribution in [-0.2, 0) is 4.79 Å². The summed E-state index contributed by atoms with van der Waals surface area (Å²) in [6.07, 6.45) is 2.33. The van der Waals surface area contributed by atoms with Crippen molar-refractivity contribution in [2.24, 2.45) is 17.3 Å². The van der Waals surface area contributed by atoms with Gasteiger partial charge < -0.3 is 5.11 Å². The molecule has 0 aliphatic heterocycles. The van der Waals surface area contributed by atoms with E-state index >= 15 is 0 Å². The molecule has 1 saturated carbocycles. The van der Waals surface area contributed by atoms with Crippen molar-refractivity contribution in [3.05, 3.63) is 0 Å². The minimum Gasteiger partial charge on any atom is -0.390 e. The standard InChI is InChI=1S/C13H24O2/c1-9(2)13(15)7-6-11(10(3)14)12(4,5)8-13/h9,11,15H,6-8H2,1-5H3/t11-,13+/m1/s1. The molecule has 88 valence electrons. The van der Waals surface area contributed by atoms with Gasteiger partial charge in [0.25, 0.3) is 0 Å². The molecule has 0 bridgehead atoms. The summed E-state index contributed by atoms with van der Waals surface area (Å²) < 4.78 is 0. The van der Waals surface area contributed by atoms with Gasteiger partial charge in [-0.3, -0.25) is 4.79 Å². The van der Waals surface area contributed by atoms with Gasteiger partial charge in [0.2, 0.25) is 0 Å². The molecule has 1 rings (SSSR count). The van der Waals surface area contributed by atoms with Gasteiger partial charge in [-0.05, 0) is 37.5 Å². The predicted octanol–water partition coefficient (Wildman–Crippen LogP) is 2.79. The number of carbonyl (C=O) groups is 1. The lowest BCUT2D eigenvalue weighted by atomic mass is 9.60. The van der Waals surface area contributed by atoms with Gasteiger partial charge in [-0.25, -0.2) is 0 Å². The fourth-order valence-corrected chi connectivity index (χ4v) is 3.03. The maximum Gasteiger partial charge on any atom is 0.133 e. The van der Waals surface area contributed by atoms with E-state index in [-0.39, 0.29) is 23.0 Å². The number of aliphatic hydroxyl groups is 1. The zero-order chi connectivity index (χ0) is 11.9. The Labute approximate surface area is 93.1 Å². The summed E-state index contributed by atoms with van der Waals surface area (Å²) in [4.78, 5) is 11.5. The molecule has 2 nitrogen and oxygen atoms in total. The Hall–Kier alpha value is -0.370. The number of hydrogen-bond acceptors (Lipinski definition) is 2. The van der Waals surface area contributed by atoms with Crippen LogP contribution < -0.4 is 0 Å². The molecule has 0 unspecified atom stereocenters. The summed E-state index contributed by atoms with van der Waals surface area (Å²) in [6.45, 7) is 10.00. The number of carbonyl (C=O) groups excluding carboxylic acids is 1. The van der Waals surface area contributed by atoms with Crippen LogP contribution >= 0.6 is 0 Å². The van der Waals surface area contributed by atoms with Crippen LogP contribution in [0.15, 0.2) is 0 Å². The van der Waals surface area contributed by atoms with E-state index in [4.69, 9.17) is 0 Å². The third-order valence-corrected chi connectivity index (χ3v) is 4.14. The average Bonchev–Trinajstić information content (AvgIpc) is 2.00. The summed E-state index contributed by atoms with van der Waals surface area (Å²) in [5, 5.41) is 10.5. The third-order valence-electron chi connectivity index (χ3n) is 4.14. The molecular formula is C13H24O2. The molecular weight excluding hydrogens is 188 g/mol. The molecule has 0 radical (unpaired) electrons. The van der Waals surface area contributed by atoms with Crippen molar-refractivity contribution in [2.45, 2.75) is 59.5 Å². The van der Waals surface area contributed by atoms with Crippen LogP contribution in [0.1, 0.15) is 53.9 Å². The topological polar surface area (TPSA) is 37.3 Å². The number of ketones is 1. The third kappa shape index (κ3) is 2.41. The van der Waals surface area contributed by atoms with Gasteiger partial charge in [-0.1, -0.05) is 27.7 Å². The lowest BCUT2D eigenvalue weighted by Gasteiger charge is -2.47.